The van der Waals surface area contributed by atoms with E-state index < -0.39 is 0 Å². The Morgan fingerprint density at radius 1 is 1.00 bits per heavy atom. The fourth-order valence-electron chi connectivity index (χ4n) is 3.45. The van der Waals surface area contributed by atoms with Crippen molar-refractivity contribution in [3.63, 3.8) is 0 Å². The van der Waals surface area contributed by atoms with Crippen molar-refractivity contribution in [2.45, 2.75) is 41.9 Å². The van der Waals surface area contributed by atoms with Crippen LogP contribution in [0.2, 0.25) is 0 Å². The summed E-state index contributed by atoms with van der Waals surface area (Å²) < 4.78 is 6.30. The fourth-order valence-corrected chi connectivity index (χ4v) is 4.68. The summed E-state index contributed by atoms with van der Waals surface area (Å²) in [7, 11) is 0. The van der Waals surface area contributed by atoms with Crippen LogP contribution < -0.4 is 0 Å². The van der Waals surface area contributed by atoms with Gasteiger partial charge in [0.2, 0.25) is 0 Å². The first kappa shape index (κ1) is 13.4. The minimum Gasteiger partial charge on any atom is -0.372 e. The molecule has 2 unspecified atom stereocenters. The molecule has 2 heteroatoms. The molecule has 1 heterocycles. The highest BCUT2D eigenvalue weighted by Gasteiger charge is 2.25. The highest BCUT2D eigenvalue weighted by atomic mass is 32.2. The van der Waals surface area contributed by atoms with Crippen LogP contribution in [0.15, 0.2) is 53.4 Å². The number of benzene rings is 2. The van der Waals surface area contributed by atoms with E-state index in [2.05, 4.69) is 48.5 Å². The first-order chi connectivity index (χ1) is 10.4. The highest BCUT2D eigenvalue weighted by molar-refractivity contribution is 8.00. The van der Waals surface area contributed by atoms with E-state index in [4.69, 9.17) is 4.74 Å². The summed E-state index contributed by atoms with van der Waals surface area (Å²) in [6, 6.07) is 17.5. The van der Waals surface area contributed by atoms with Gasteiger partial charge in [-0.25, -0.2) is 0 Å². The topological polar surface area (TPSA) is 9.23 Å². The van der Waals surface area contributed by atoms with Crippen molar-refractivity contribution in [1.82, 2.24) is 0 Å². The van der Waals surface area contributed by atoms with Gasteiger partial charge in [-0.1, -0.05) is 42.5 Å². The molecule has 4 rings (SSSR count). The number of rotatable bonds is 3. The van der Waals surface area contributed by atoms with E-state index in [-0.39, 0.29) is 0 Å². The smallest absolute Gasteiger partial charge is 0.0828 e. The molecule has 0 fully saturated rings. The number of ether oxygens (including phenoxy) is 1. The molecule has 1 nitrogen and oxygen atoms in total. The standard InChI is InChI=1S/C19H20OS/c1-3-9-17-14(6-1)8-5-10-18(17)20-13-16-12-15-7-2-4-11-19(15)21-16/h1-4,6-7,9,11,16,18H,5,8,10,12-13H2. The van der Waals surface area contributed by atoms with Crippen LogP contribution in [0.4, 0.5) is 0 Å². The largest absolute Gasteiger partial charge is 0.372 e. The second-order valence-corrected chi connectivity index (χ2v) is 7.31. The van der Waals surface area contributed by atoms with Gasteiger partial charge in [-0.05, 0) is 48.4 Å². The van der Waals surface area contributed by atoms with Crippen molar-refractivity contribution in [3.05, 3.63) is 65.2 Å². The summed E-state index contributed by atoms with van der Waals surface area (Å²) in [4.78, 5) is 1.44. The zero-order chi connectivity index (χ0) is 14.1. The summed E-state index contributed by atoms with van der Waals surface area (Å²) in [5.74, 6) is 0. The van der Waals surface area contributed by atoms with Gasteiger partial charge in [-0.15, -0.1) is 11.8 Å². The average Bonchev–Trinajstić information content (AvgIpc) is 2.96. The monoisotopic (exact) mass is 296 g/mol. The molecule has 2 atom stereocenters. The van der Waals surface area contributed by atoms with E-state index >= 15 is 0 Å². The van der Waals surface area contributed by atoms with Crippen molar-refractivity contribution in [2.75, 3.05) is 6.61 Å². The Morgan fingerprint density at radius 3 is 2.71 bits per heavy atom. The normalized spacial score (nSPS) is 23.6. The van der Waals surface area contributed by atoms with Crippen LogP contribution in [-0.2, 0) is 17.6 Å². The third-order valence-electron chi connectivity index (χ3n) is 4.51. The molecule has 0 amide bonds. The summed E-state index contributed by atoms with van der Waals surface area (Å²) in [6.07, 6.45) is 5.08. The summed E-state index contributed by atoms with van der Waals surface area (Å²) in [6.45, 7) is 0.859. The van der Waals surface area contributed by atoms with Crippen molar-refractivity contribution in [1.29, 1.82) is 0 Å². The lowest BCUT2D eigenvalue weighted by molar-refractivity contribution is 0.0421. The number of hydrogen-bond acceptors (Lipinski definition) is 2. The van der Waals surface area contributed by atoms with Crippen molar-refractivity contribution >= 4 is 11.8 Å². The summed E-state index contributed by atoms with van der Waals surface area (Å²) in [5.41, 5.74) is 4.39. The number of thioether (sulfide) groups is 1. The van der Waals surface area contributed by atoms with Crippen molar-refractivity contribution in [3.8, 4) is 0 Å². The van der Waals surface area contributed by atoms with Crippen molar-refractivity contribution < 1.29 is 4.74 Å². The lowest BCUT2D eigenvalue weighted by Crippen LogP contribution is -2.18. The molecule has 21 heavy (non-hydrogen) atoms. The zero-order valence-corrected chi connectivity index (χ0v) is 12.9. The molecule has 0 bridgehead atoms. The van der Waals surface area contributed by atoms with Gasteiger partial charge in [0.25, 0.3) is 0 Å². The summed E-state index contributed by atoms with van der Waals surface area (Å²) >= 11 is 1.98. The number of aryl methyl sites for hydroxylation is 1. The van der Waals surface area contributed by atoms with E-state index in [9.17, 15) is 0 Å². The fraction of sp³-hybridized carbons (Fsp3) is 0.368. The van der Waals surface area contributed by atoms with Gasteiger partial charge in [-0.3, -0.25) is 0 Å². The van der Waals surface area contributed by atoms with Crippen LogP contribution in [0.3, 0.4) is 0 Å². The Kier molecular flexibility index (Phi) is 3.74. The predicted octanol–water partition coefficient (Wildman–Crippen LogP) is 4.80. The Labute approximate surface area is 130 Å². The quantitative estimate of drug-likeness (QED) is 0.805. The van der Waals surface area contributed by atoms with Crippen LogP contribution in [0.25, 0.3) is 0 Å². The molecule has 108 valence electrons. The maximum Gasteiger partial charge on any atom is 0.0828 e. The van der Waals surface area contributed by atoms with Gasteiger partial charge in [0.15, 0.2) is 0 Å². The van der Waals surface area contributed by atoms with E-state index in [1.54, 1.807) is 0 Å². The second kappa shape index (κ2) is 5.86. The lowest BCUT2D eigenvalue weighted by Gasteiger charge is -2.26. The van der Waals surface area contributed by atoms with Crippen LogP contribution in [0.5, 0.6) is 0 Å². The van der Waals surface area contributed by atoms with E-state index in [1.165, 1.54) is 40.8 Å². The van der Waals surface area contributed by atoms with Gasteiger partial charge < -0.3 is 4.74 Å². The third-order valence-corrected chi connectivity index (χ3v) is 5.80. The van der Waals surface area contributed by atoms with Gasteiger partial charge in [0.1, 0.15) is 0 Å². The molecular weight excluding hydrogens is 276 g/mol. The van der Waals surface area contributed by atoms with Crippen LogP contribution in [-0.4, -0.2) is 11.9 Å². The van der Waals surface area contributed by atoms with Crippen molar-refractivity contribution in [2.24, 2.45) is 0 Å². The molecule has 0 aromatic heterocycles. The highest BCUT2D eigenvalue weighted by Crippen LogP contribution is 2.38. The number of fused-ring (bicyclic) bond motifs is 2. The molecular formula is C19H20OS. The molecule has 0 spiro atoms. The number of hydrogen-bond donors (Lipinski definition) is 0. The molecule has 0 radical (unpaired) electrons. The van der Waals surface area contributed by atoms with Crippen LogP contribution >= 0.6 is 11.8 Å². The minimum absolute atomic E-state index is 0.305. The Balaban J connectivity index is 1.41. The molecule has 0 N–H and O–H groups in total. The van der Waals surface area contributed by atoms with Gasteiger partial charge in [0, 0.05) is 10.1 Å². The van der Waals surface area contributed by atoms with Gasteiger partial charge >= 0.3 is 0 Å². The lowest BCUT2D eigenvalue weighted by atomic mass is 9.89. The molecule has 2 aliphatic rings. The molecule has 1 aliphatic heterocycles. The van der Waals surface area contributed by atoms with Gasteiger partial charge in [-0.2, -0.15) is 0 Å². The molecule has 1 aliphatic carbocycles. The Hall–Kier alpha value is -1.25. The maximum absolute atomic E-state index is 6.30. The SMILES string of the molecule is c1ccc2c(c1)CC(COC1CCCc3ccccc31)S2. The first-order valence-corrected chi connectivity index (χ1v) is 8.72. The van der Waals surface area contributed by atoms with E-state index in [1.807, 2.05) is 11.8 Å². The maximum atomic E-state index is 6.30. The molecule has 0 saturated heterocycles. The third kappa shape index (κ3) is 2.75. The predicted molar refractivity (Wildman–Crippen MR) is 87.9 cm³/mol. The molecule has 0 saturated carbocycles. The second-order valence-electron chi connectivity index (χ2n) is 5.96. The zero-order valence-electron chi connectivity index (χ0n) is 12.1. The Bertz CT molecular complexity index is 612. The molecule has 2 aromatic carbocycles. The summed E-state index contributed by atoms with van der Waals surface area (Å²) in [5, 5.41) is 0.580. The minimum atomic E-state index is 0.305. The average molecular weight is 296 g/mol. The van der Waals surface area contributed by atoms with E-state index in [0.717, 1.165) is 13.0 Å². The molecule has 2 aromatic rings. The first-order valence-electron chi connectivity index (χ1n) is 7.84. The van der Waals surface area contributed by atoms with Gasteiger partial charge in [0.05, 0.1) is 12.7 Å². The van der Waals surface area contributed by atoms with Crippen LogP contribution in [0, 0.1) is 0 Å². The Morgan fingerprint density at radius 2 is 1.81 bits per heavy atom. The van der Waals surface area contributed by atoms with Crippen LogP contribution in [0.1, 0.15) is 35.6 Å². The van der Waals surface area contributed by atoms with E-state index in [0.29, 0.717) is 11.4 Å².